The second kappa shape index (κ2) is 9.91. The molecule has 2 heterocycles. The summed E-state index contributed by atoms with van der Waals surface area (Å²) < 4.78 is 23.0. The number of nitrogens with zero attached hydrogens (tertiary/aromatic N) is 3. The molecule has 3 aliphatic rings. The zero-order chi connectivity index (χ0) is 20.0. The molecule has 0 bridgehead atoms. The number of guanidine groups is 1. The molecule has 9 heteroatoms. The minimum atomic E-state index is -2.83. The standard InChI is InChI=1S/C19H35N5O3S/c1-20-19(21-8-10-23-11-13-28(26,27)14-12-23)22-17-7-9-24(15-17)18(25)16-5-3-2-4-6-16/h16-17H,2-15H2,1H3,(H2,20,21,22). The van der Waals surface area contributed by atoms with Gasteiger partial charge < -0.3 is 15.5 Å². The summed E-state index contributed by atoms with van der Waals surface area (Å²) in [6.07, 6.45) is 6.69. The Morgan fingerprint density at radius 2 is 1.79 bits per heavy atom. The van der Waals surface area contributed by atoms with E-state index in [1.807, 2.05) is 4.90 Å². The van der Waals surface area contributed by atoms with Crippen molar-refractivity contribution in [2.24, 2.45) is 10.9 Å². The summed E-state index contributed by atoms with van der Waals surface area (Å²) in [6.45, 7) is 4.31. The van der Waals surface area contributed by atoms with Crippen LogP contribution in [0.25, 0.3) is 0 Å². The topological polar surface area (TPSA) is 94.1 Å². The fourth-order valence-corrected chi connectivity index (χ4v) is 5.66. The molecule has 1 saturated carbocycles. The molecule has 1 aliphatic carbocycles. The third kappa shape index (κ3) is 6.07. The maximum atomic E-state index is 12.7. The van der Waals surface area contributed by atoms with Crippen LogP contribution in [0.15, 0.2) is 4.99 Å². The van der Waals surface area contributed by atoms with E-state index in [4.69, 9.17) is 0 Å². The Hall–Kier alpha value is -1.35. The van der Waals surface area contributed by atoms with Crippen LogP contribution in [0.3, 0.4) is 0 Å². The van der Waals surface area contributed by atoms with E-state index >= 15 is 0 Å². The number of hydrogen-bond donors (Lipinski definition) is 2. The third-order valence-corrected chi connectivity index (χ3v) is 7.79. The minimum Gasteiger partial charge on any atom is -0.355 e. The van der Waals surface area contributed by atoms with Gasteiger partial charge in [-0.2, -0.15) is 0 Å². The highest BCUT2D eigenvalue weighted by atomic mass is 32.2. The van der Waals surface area contributed by atoms with Gasteiger partial charge in [0, 0.05) is 58.3 Å². The molecule has 3 rings (SSSR count). The summed E-state index contributed by atoms with van der Waals surface area (Å²) in [4.78, 5) is 21.2. The largest absolute Gasteiger partial charge is 0.355 e. The van der Waals surface area contributed by atoms with Gasteiger partial charge in [-0.25, -0.2) is 8.42 Å². The molecule has 0 radical (unpaired) electrons. The molecular formula is C19H35N5O3S. The highest BCUT2D eigenvalue weighted by Crippen LogP contribution is 2.26. The van der Waals surface area contributed by atoms with Crippen LogP contribution in [-0.2, 0) is 14.6 Å². The second-order valence-electron chi connectivity index (χ2n) is 8.24. The number of carbonyl (C=O) groups excluding carboxylic acids is 1. The van der Waals surface area contributed by atoms with Gasteiger partial charge in [0.2, 0.25) is 5.91 Å². The monoisotopic (exact) mass is 413 g/mol. The number of amides is 1. The second-order valence-corrected chi connectivity index (χ2v) is 10.5. The number of carbonyl (C=O) groups is 1. The van der Waals surface area contributed by atoms with Crippen LogP contribution in [0.2, 0.25) is 0 Å². The van der Waals surface area contributed by atoms with Crippen LogP contribution in [0, 0.1) is 5.92 Å². The van der Waals surface area contributed by atoms with Gasteiger partial charge in [0.15, 0.2) is 15.8 Å². The van der Waals surface area contributed by atoms with Crippen molar-refractivity contribution in [3.63, 3.8) is 0 Å². The van der Waals surface area contributed by atoms with Crippen molar-refractivity contribution in [2.75, 3.05) is 57.8 Å². The first-order chi connectivity index (χ1) is 13.5. The van der Waals surface area contributed by atoms with Gasteiger partial charge in [-0.05, 0) is 19.3 Å². The summed E-state index contributed by atoms with van der Waals surface area (Å²) in [5, 5.41) is 6.75. The normalized spacial score (nSPS) is 27.0. The number of aliphatic imine (C=N–C) groups is 1. The lowest BCUT2D eigenvalue weighted by Gasteiger charge is -2.27. The molecule has 8 nitrogen and oxygen atoms in total. The SMILES string of the molecule is CN=C(NCCN1CCS(=O)(=O)CC1)NC1CCN(C(=O)C2CCCCC2)C1. The predicted molar refractivity (Wildman–Crippen MR) is 111 cm³/mol. The molecule has 2 N–H and O–H groups in total. The van der Waals surface area contributed by atoms with E-state index in [1.165, 1.54) is 19.3 Å². The smallest absolute Gasteiger partial charge is 0.225 e. The first kappa shape index (κ1) is 21.4. The molecule has 1 amide bonds. The number of sulfone groups is 1. The van der Waals surface area contributed by atoms with E-state index in [2.05, 4.69) is 20.5 Å². The maximum absolute atomic E-state index is 12.7. The van der Waals surface area contributed by atoms with Gasteiger partial charge in [0.25, 0.3) is 0 Å². The molecule has 1 atom stereocenters. The molecule has 28 heavy (non-hydrogen) atoms. The van der Waals surface area contributed by atoms with Crippen LogP contribution >= 0.6 is 0 Å². The lowest BCUT2D eigenvalue weighted by Crippen LogP contribution is -2.48. The highest BCUT2D eigenvalue weighted by Gasteiger charge is 2.31. The van der Waals surface area contributed by atoms with Crippen molar-refractivity contribution in [2.45, 2.75) is 44.6 Å². The summed E-state index contributed by atoms with van der Waals surface area (Å²) >= 11 is 0. The fourth-order valence-electron chi connectivity index (χ4n) is 4.38. The molecule has 160 valence electrons. The molecule has 0 aromatic heterocycles. The van der Waals surface area contributed by atoms with Gasteiger partial charge in [-0.1, -0.05) is 19.3 Å². The van der Waals surface area contributed by atoms with Crippen molar-refractivity contribution in [1.29, 1.82) is 0 Å². The zero-order valence-corrected chi connectivity index (χ0v) is 17.8. The molecule has 1 unspecified atom stereocenters. The van der Waals surface area contributed by atoms with E-state index < -0.39 is 9.84 Å². The number of hydrogen-bond acceptors (Lipinski definition) is 5. The van der Waals surface area contributed by atoms with Gasteiger partial charge in [0.05, 0.1) is 11.5 Å². The van der Waals surface area contributed by atoms with Crippen LogP contribution in [0.1, 0.15) is 38.5 Å². The molecule has 3 fully saturated rings. The van der Waals surface area contributed by atoms with Crippen LogP contribution in [0.4, 0.5) is 0 Å². The van der Waals surface area contributed by atoms with Crippen LogP contribution in [-0.4, -0.2) is 93.9 Å². The van der Waals surface area contributed by atoms with E-state index in [0.29, 0.717) is 19.0 Å². The molecule has 2 saturated heterocycles. The van der Waals surface area contributed by atoms with Crippen LogP contribution in [0.5, 0.6) is 0 Å². The predicted octanol–water partition coefficient (Wildman–Crippen LogP) is 0.0630. The molecule has 0 spiro atoms. The van der Waals surface area contributed by atoms with Crippen molar-refractivity contribution in [3.8, 4) is 0 Å². The number of nitrogens with one attached hydrogen (secondary N) is 2. The van der Waals surface area contributed by atoms with Gasteiger partial charge >= 0.3 is 0 Å². The summed E-state index contributed by atoms with van der Waals surface area (Å²) in [7, 11) is -1.08. The zero-order valence-electron chi connectivity index (χ0n) is 17.0. The molecule has 0 aromatic carbocycles. The maximum Gasteiger partial charge on any atom is 0.225 e. The summed E-state index contributed by atoms with van der Waals surface area (Å²) in [5.74, 6) is 1.84. The Kier molecular flexibility index (Phi) is 7.56. The van der Waals surface area contributed by atoms with Gasteiger partial charge in [-0.3, -0.25) is 14.7 Å². The van der Waals surface area contributed by atoms with E-state index in [9.17, 15) is 13.2 Å². The molecule has 2 aliphatic heterocycles. The fraction of sp³-hybridized carbons (Fsp3) is 0.895. The average Bonchev–Trinajstić information content (AvgIpc) is 3.17. The number of rotatable bonds is 5. The average molecular weight is 414 g/mol. The van der Waals surface area contributed by atoms with Gasteiger partial charge in [-0.15, -0.1) is 0 Å². The van der Waals surface area contributed by atoms with Crippen molar-refractivity contribution in [3.05, 3.63) is 0 Å². The van der Waals surface area contributed by atoms with Gasteiger partial charge in [0.1, 0.15) is 0 Å². The lowest BCUT2D eigenvalue weighted by molar-refractivity contribution is -0.135. The summed E-state index contributed by atoms with van der Waals surface area (Å²) in [6, 6.07) is 0.235. The van der Waals surface area contributed by atoms with E-state index in [-0.39, 0.29) is 23.5 Å². The highest BCUT2D eigenvalue weighted by molar-refractivity contribution is 7.91. The van der Waals surface area contributed by atoms with E-state index in [1.54, 1.807) is 7.05 Å². The van der Waals surface area contributed by atoms with Crippen molar-refractivity contribution >= 4 is 21.7 Å². The van der Waals surface area contributed by atoms with Crippen molar-refractivity contribution < 1.29 is 13.2 Å². The lowest BCUT2D eigenvalue weighted by atomic mass is 9.88. The minimum absolute atomic E-state index is 0.235. The summed E-state index contributed by atoms with van der Waals surface area (Å²) in [5.41, 5.74) is 0. The quantitative estimate of drug-likeness (QED) is 0.489. The molecule has 0 aromatic rings. The van der Waals surface area contributed by atoms with Crippen molar-refractivity contribution in [1.82, 2.24) is 20.4 Å². The Bertz CT molecular complexity index is 646. The Morgan fingerprint density at radius 3 is 2.46 bits per heavy atom. The van der Waals surface area contributed by atoms with E-state index in [0.717, 1.165) is 51.4 Å². The Labute approximate surface area is 169 Å². The Morgan fingerprint density at radius 1 is 1.07 bits per heavy atom. The first-order valence-electron chi connectivity index (χ1n) is 10.7. The van der Waals surface area contributed by atoms with Crippen LogP contribution < -0.4 is 10.6 Å². The Balaban J connectivity index is 1.36. The molecular weight excluding hydrogens is 378 g/mol. The first-order valence-corrected chi connectivity index (χ1v) is 12.5. The third-order valence-electron chi connectivity index (χ3n) is 6.18. The number of likely N-dealkylation sites (tertiary alicyclic amines) is 1.